The highest BCUT2D eigenvalue weighted by molar-refractivity contribution is 7.91. The molecule has 1 aliphatic heterocycles. The Morgan fingerprint density at radius 1 is 1.59 bits per heavy atom. The summed E-state index contributed by atoms with van der Waals surface area (Å²) in [6, 6.07) is -0.347. The Bertz CT molecular complexity index is 483. The quantitative estimate of drug-likeness (QED) is 0.703. The van der Waals surface area contributed by atoms with Gasteiger partial charge in [-0.3, -0.25) is 0 Å². The van der Waals surface area contributed by atoms with Crippen molar-refractivity contribution >= 4 is 9.84 Å². The summed E-state index contributed by atoms with van der Waals surface area (Å²) in [5.41, 5.74) is 0. The molecule has 2 atom stereocenters. The lowest BCUT2D eigenvalue weighted by Crippen LogP contribution is -2.40. The molecule has 6 nitrogen and oxygen atoms in total. The summed E-state index contributed by atoms with van der Waals surface area (Å²) >= 11 is 0. The molecule has 0 radical (unpaired) electrons. The number of imidazole rings is 1. The molecule has 1 aliphatic rings. The highest BCUT2D eigenvalue weighted by Crippen LogP contribution is 2.12. The van der Waals surface area contributed by atoms with Crippen LogP contribution in [0, 0.1) is 0 Å². The second kappa shape index (κ2) is 4.75. The van der Waals surface area contributed by atoms with Crippen LogP contribution in [0.1, 0.15) is 5.82 Å². The van der Waals surface area contributed by atoms with Gasteiger partial charge < -0.3 is 15.0 Å². The lowest BCUT2D eigenvalue weighted by Gasteiger charge is -2.14. The molecular weight excluding hydrogens is 242 g/mol. The number of nitrogens with zero attached hydrogens (tertiary/aromatic N) is 2. The van der Waals surface area contributed by atoms with E-state index in [2.05, 4.69) is 10.3 Å². The third-order valence-electron chi connectivity index (χ3n) is 3.00. The van der Waals surface area contributed by atoms with Gasteiger partial charge in [-0.1, -0.05) is 0 Å². The van der Waals surface area contributed by atoms with Crippen LogP contribution >= 0.6 is 0 Å². The van der Waals surface area contributed by atoms with E-state index in [0.29, 0.717) is 13.0 Å². The highest BCUT2D eigenvalue weighted by atomic mass is 32.2. The third-order valence-corrected chi connectivity index (χ3v) is 4.72. The van der Waals surface area contributed by atoms with Gasteiger partial charge in [-0.05, 0) is 0 Å². The van der Waals surface area contributed by atoms with Gasteiger partial charge in [0.1, 0.15) is 5.82 Å². The second-order valence-electron chi connectivity index (χ2n) is 4.41. The summed E-state index contributed by atoms with van der Waals surface area (Å²) in [6.45, 7) is 0.613. The number of aromatic nitrogens is 2. The van der Waals surface area contributed by atoms with Crippen LogP contribution < -0.4 is 5.32 Å². The van der Waals surface area contributed by atoms with E-state index >= 15 is 0 Å². The summed E-state index contributed by atoms with van der Waals surface area (Å²) in [7, 11) is -1.16. The van der Waals surface area contributed by atoms with Gasteiger partial charge in [-0.15, -0.1) is 0 Å². The Hall–Kier alpha value is -0.920. The van der Waals surface area contributed by atoms with Crippen molar-refractivity contribution in [1.29, 1.82) is 0 Å². The molecule has 0 aromatic carbocycles. The van der Waals surface area contributed by atoms with Gasteiger partial charge in [0, 0.05) is 38.4 Å². The number of aliphatic hydroxyl groups excluding tert-OH is 1. The molecule has 17 heavy (non-hydrogen) atoms. The first-order valence-electron chi connectivity index (χ1n) is 5.56. The molecule has 7 heteroatoms. The fourth-order valence-electron chi connectivity index (χ4n) is 2.03. The summed E-state index contributed by atoms with van der Waals surface area (Å²) in [4.78, 5) is 4.17. The van der Waals surface area contributed by atoms with E-state index in [4.69, 9.17) is 0 Å². The van der Waals surface area contributed by atoms with E-state index in [9.17, 15) is 13.5 Å². The van der Waals surface area contributed by atoms with E-state index in [1.165, 1.54) is 0 Å². The molecular formula is C10H17N3O3S. The Morgan fingerprint density at radius 3 is 2.88 bits per heavy atom. The fourth-order valence-corrected chi connectivity index (χ4v) is 3.81. The smallest absolute Gasteiger partial charge is 0.154 e. The Morgan fingerprint density at radius 2 is 2.35 bits per heavy atom. The first-order valence-corrected chi connectivity index (χ1v) is 7.38. The van der Waals surface area contributed by atoms with Crippen LogP contribution in [0.25, 0.3) is 0 Å². The number of hydrogen-bond acceptors (Lipinski definition) is 5. The standard InChI is InChI=1S/C10H17N3O3S/c1-13-5-4-12-10(13)2-3-11-8-6-17(15,16)7-9(8)14/h4-5,8-9,11,14H,2-3,6-7H2,1H3. The highest BCUT2D eigenvalue weighted by Gasteiger charge is 2.35. The largest absolute Gasteiger partial charge is 0.390 e. The third kappa shape index (κ3) is 3.05. The maximum atomic E-state index is 11.3. The predicted molar refractivity (Wildman–Crippen MR) is 63.4 cm³/mol. The molecule has 1 aromatic rings. The average Bonchev–Trinajstić information content (AvgIpc) is 2.72. The minimum atomic E-state index is -3.07. The van der Waals surface area contributed by atoms with Crippen molar-refractivity contribution in [2.75, 3.05) is 18.1 Å². The van der Waals surface area contributed by atoms with Crippen LogP contribution in [0.15, 0.2) is 12.4 Å². The van der Waals surface area contributed by atoms with E-state index in [-0.39, 0.29) is 17.5 Å². The molecule has 1 aromatic heterocycles. The average molecular weight is 259 g/mol. The molecule has 2 unspecified atom stereocenters. The molecule has 0 amide bonds. The van der Waals surface area contributed by atoms with Crippen LogP contribution in [0.4, 0.5) is 0 Å². The molecule has 0 spiro atoms. The molecule has 0 bridgehead atoms. The van der Waals surface area contributed by atoms with Crippen molar-refractivity contribution in [2.24, 2.45) is 7.05 Å². The SMILES string of the molecule is Cn1ccnc1CCNC1CS(=O)(=O)CC1O. The number of nitrogens with one attached hydrogen (secondary N) is 1. The number of aliphatic hydroxyl groups is 1. The Balaban J connectivity index is 1.82. The zero-order chi connectivity index (χ0) is 12.5. The van der Waals surface area contributed by atoms with Gasteiger partial charge in [0.2, 0.25) is 0 Å². The number of rotatable bonds is 4. The summed E-state index contributed by atoms with van der Waals surface area (Å²) in [5.74, 6) is 0.828. The van der Waals surface area contributed by atoms with E-state index in [0.717, 1.165) is 5.82 Å². The van der Waals surface area contributed by atoms with Gasteiger partial charge >= 0.3 is 0 Å². The summed E-state index contributed by atoms with van der Waals surface area (Å²) in [6.07, 6.45) is 3.52. The molecule has 2 heterocycles. The zero-order valence-electron chi connectivity index (χ0n) is 9.70. The minimum absolute atomic E-state index is 0.0226. The van der Waals surface area contributed by atoms with E-state index in [1.54, 1.807) is 6.20 Å². The van der Waals surface area contributed by atoms with Crippen LogP contribution in [0.3, 0.4) is 0 Å². The van der Waals surface area contributed by atoms with Crippen LogP contribution in [-0.2, 0) is 23.3 Å². The Kier molecular flexibility index (Phi) is 3.50. The van der Waals surface area contributed by atoms with Crippen molar-refractivity contribution in [3.63, 3.8) is 0 Å². The molecule has 1 saturated heterocycles. The Labute approximate surface area is 101 Å². The second-order valence-corrected chi connectivity index (χ2v) is 6.56. The lowest BCUT2D eigenvalue weighted by molar-refractivity contribution is 0.166. The van der Waals surface area contributed by atoms with Crippen molar-refractivity contribution in [1.82, 2.24) is 14.9 Å². The van der Waals surface area contributed by atoms with Crippen molar-refractivity contribution < 1.29 is 13.5 Å². The van der Waals surface area contributed by atoms with Gasteiger partial charge in [-0.25, -0.2) is 13.4 Å². The first-order chi connectivity index (χ1) is 7.98. The van der Waals surface area contributed by atoms with Gasteiger partial charge in [0.25, 0.3) is 0 Å². The molecule has 1 fully saturated rings. The monoisotopic (exact) mass is 259 g/mol. The number of hydrogen-bond donors (Lipinski definition) is 2. The minimum Gasteiger partial charge on any atom is -0.390 e. The topological polar surface area (TPSA) is 84.2 Å². The normalized spacial score (nSPS) is 27.4. The van der Waals surface area contributed by atoms with Crippen molar-refractivity contribution in [3.05, 3.63) is 18.2 Å². The van der Waals surface area contributed by atoms with Gasteiger partial charge in [0.05, 0.1) is 17.6 Å². The molecule has 0 aliphatic carbocycles. The van der Waals surface area contributed by atoms with E-state index in [1.807, 2.05) is 17.8 Å². The zero-order valence-corrected chi connectivity index (χ0v) is 10.5. The van der Waals surface area contributed by atoms with Crippen molar-refractivity contribution in [3.8, 4) is 0 Å². The number of aryl methyl sites for hydroxylation is 1. The molecule has 96 valence electrons. The van der Waals surface area contributed by atoms with Gasteiger partial charge in [0.15, 0.2) is 9.84 Å². The maximum Gasteiger partial charge on any atom is 0.154 e. The number of sulfone groups is 1. The molecule has 2 N–H and O–H groups in total. The van der Waals surface area contributed by atoms with Gasteiger partial charge in [-0.2, -0.15) is 0 Å². The van der Waals surface area contributed by atoms with Crippen LogP contribution in [-0.4, -0.2) is 53.3 Å². The molecule has 2 rings (SSSR count). The first kappa shape index (κ1) is 12.5. The fraction of sp³-hybridized carbons (Fsp3) is 0.700. The maximum absolute atomic E-state index is 11.3. The summed E-state index contributed by atoms with van der Waals surface area (Å²) < 4.78 is 24.5. The van der Waals surface area contributed by atoms with Crippen LogP contribution in [0.5, 0.6) is 0 Å². The van der Waals surface area contributed by atoms with E-state index < -0.39 is 15.9 Å². The predicted octanol–water partition coefficient (Wildman–Crippen LogP) is -1.29. The van der Waals surface area contributed by atoms with Crippen LogP contribution in [0.2, 0.25) is 0 Å². The van der Waals surface area contributed by atoms with Crippen molar-refractivity contribution in [2.45, 2.75) is 18.6 Å². The summed E-state index contributed by atoms with van der Waals surface area (Å²) in [5, 5.41) is 12.6. The lowest BCUT2D eigenvalue weighted by atomic mass is 10.2. The molecule has 0 saturated carbocycles.